The first kappa shape index (κ1) is 17.0. The predicted octanol–water partition coefficient (Wildman–Crippen LogP) is 3.45. The Kier molecular flexibility index (Phi) is 4.45. The lowest BCUT2D eigenvalue weighted by Crippen LogP contribution is -2.39. The van der Waals surface area contributed by atoms with Crippen LogP contribution in [-0.4, -0.2) is 28.1 Å². The maximum Gasteiger partial charge on any atom is 0.391 e. The summed E-state index contributed by atoms with van der Waals surface area (Å²) in [6, 6.07) is 8.91. The van der Waals surface area contributed by atoms with Gasteiger partial charge in [-0.05, 0) is 35.4 Å². The first-order valence-electron chi connectivity index (χ1n) is 7.49. The number of hydrogen-bond acceptors (Lipinski definition) is 3. The van der Waals surface area contributed by atoms with Crippen LogP contribution in [0.15, 0.2) is 48.8 Å². The number of hydrogen-bond donors (Lipinski definition) is 3. The van der Waals surface area contributed by atoms with Crippen LogP contribution in [0.4, 0.5) is 18.9 Å². The molecule has 2 aromatic heterocycles. The number of nitrogens with zero attached hydrogens (tertiary/aromatic N) is 1. The summed E-state index contributed by atoms with van der Waals surface area (Å²) < 4.78 is 36.8. The van der Waals surface area contributed by atoms with E-state index in [2.05, 4.69) is 15.3 Å². The lowest BCUT2D eigenvalue weighted by atomic mass is 10.0. The maximum atomic E-state index is 12.3. The number of pyridine rings is 1. The average molecular weight is 348 g/mol. The molecule has 1 amide bonds. The van der Waals surface area contributed by atoms with Crippen molar-refractivity contribution in [3.05, 3.63) is 48.8 Å². The Morgan fingerprint density at radius 3 is 2.60 bits per heavy atom. The Bertz CT molecular complexity index is 887. The van der Waals surface area contributed by atoms with Crippen molar-refractivity contribution in [2.75, 3.05) is 5.32 Å². The Hall–Kier alpha value is -2.87. The number of alkyl halides is 3. The largest absolute Gasteiger partial charge is 0.391 e. The van der Waals surface area contributed by atoms with E-state index >= 15 is 0 Å². The molecular weight excluding hydrogens is 333 g/mol. The molecule has 0 radical (unpaired) electrons. The summed E-state index contributed by atoms with van der Waals surface area (Å²) in [6.45, 7) is 0. The molecule has 5 nitrogen and oxygen atoms in total. The highest BCUT2D eigenvalue weighted by Crippen LogP contribution is 2.28. The van der Waals surface area contributed by atoms with Crippen LogP contribution >= 0.6 is 0 Å². The molecule has 0 aliphatic heterocycles. The zero-order valence-corrected chi connectivity index (χ0v) is 13.0. The topological polar surface area (TPSA) is 83.8 Å². The zero-order chi connectivity index (χ0) is 18.0. The molecule has 0 aliphatic rings. The van der Waals surface area contributed by atoms with E-state index in [4.69, 9.17) is 5.73 Å². The summed E-state index contributed by atoms with van der Waals surface area (Å²) in [5.74, 6) is -0.873. The van der Waals surface area contributed by atoms with Gasteiger partial charge in [0.25, 0.3) is 0 Å². The summed E-state index contributed by atoms with van der Waals surface area (Å²) in [6.07, 6.45) is -2.37. The normalized spacial score (nSPS) is 13.0. The van der Waals surface area contributed by atoms with Crippen molar-refractivity contribution in [2.45, 2.75) is 18.6 Å². The van der Waals surface area contributed by atoms with Gasteiger partial charge >= 0.3 is 6.18 Å². The monoisotopic (exact) mass is 348 g/mol. The van der Waals surface area contributed by atoms with E-state index in [0.717, 1.165) is 22.2 Å². The molecule has 1 aromatic carbocycles. The Morgan fingerprint density at radius 2 is 1.92 bits per heavy atom. The maximum absolute atomic E-state index is 12.3. The van der Waals surface area contributed by atoms with Gasteiger partial charge in [-0.1, -0.05) is 12.1 Å². The smallest absolute Gasteiger partial charge is 0.346 e. The van der Waals surface area contributed by atoms with Crippen LogP contribution in [0.5, 0.6) is 0 Å². The second-order valence-corrected chi connectivity index (χ2v) is 5.59. The number of anilines is 1. The number of nitrogens with one attached hydrogen (secondary N) is 2. The number of benzene rings is 1. The van der Waals surface area contributed by atoms with Crippen LogP contribution < -0.4 is 11.1 Å². The molecule has 0 aliphatic carbocycles. The minimum atomic E-state index is -4.48. The van der Waals surface area contributed by atoms with Gasteiger partial charge in [0.1, 0.15) is 5.65 Å². The fourth-order valence-corrected chi connectivity index (χ4v) is 2.52. The molecule has 2 heterocycles. The molecule has 0 saturated carbocycles. The van der Waals surface area contributed by atoms with Gasteiger partial charge in [-0.15, -0.1) is 0 Å². The molecule has 130 valence electrons. The Morgan fingerprint density at radius 1 is 1.20 bits per heavy atom. The van der Waals surface area contributed by atoms with E-state index in [9.17, 15) is 18.0 Å². The number of halogens is 3. The molecule has 25 heavy (non-hydrogen) atoms. The van der Waals surface area contributed by atoms with Gasteiger partial charge in [-0.25, -0.2) is 4.98 Å². The quantitative estimate of drug-likeness (QED) is 0.675. The van der Waals surface area contributed by atoms with Crippen LogP contribution in [0.25, 0.3) is 22.2 Å². The second-order valence-electron chi connectivity index (χ2n) is 5.59. The first-order chi connectivity index (χ1) is 11.8. The highest BCUT2D eigenvalue weighted by molar-refractivity contribution is 5.96. The van der Waals surface area contributed by atoms with Gasteiger partial charge in [0.2, 0.25) is 5.91 Å². The van der Waals surface area contributed by atoms with Gasteiger partial charge in [-0.3, -0.25) is 4.79 Å². The third-order valence-corrected chi connectivity index (χ3v) is 3.71. The summed E-state index contributed by atoms with van der Waals surface area (Å²) in [5, 5.41) is 3.34. The van der Waals surface area contributed by atoms with Gasteiger partial charge in [0, 0.05) is 23.5 Å². The van der Waals surface area contributed by atoms with Crippen LogP contribution in [-0.2, 0) is 4.79 Å². The summed E-state index contributed by atoms with van der Waals surface area (Å²) in [5.41, 5.74) is 8.27. The molecule has 0 spiro atoms. The van der Waals surface area contributed by atoms with Crippen molar-refractivity contribution >= 4 is 22.6 Å². The Labute approximate surface area is 141 Å². The van der Waals surface area contributed by atoms with Gasteiger partial charge in [-0.2, -0.15) is 13.2 Å². The van der Waals surface area contributed by atoms with Crippen molar-refractivity contribution in [2.24, 2.45) is 5.73 Å². The van der Waals surface area contributed by atoms with Crippen molar-refractivity contribution in [1.29, 1.82) is 0 Å². The van der Waals surface area contributed by atoms with Crippen LogP contribution in [0.1, 0.15) is 6.42 Å². The van der Waals surface area contributed by atoms with Crippen LogP contribution in [0.3, 0.4) is 0 Å². The van der Waals surface area contributed by atoms with Gasteiger partial charge in [0.05, 0.1) is 12.5 Å². The first-order valence-corrected chi connectivity index (χ1v) is 7.49. The number of H-pyrrole nitrogens is 1. The fourth-order valence-electron chi connectivity index (χ4n) is 2.52. The SMILES string of the molecule is NC(CC(F)(F)F)C(=O)Nc1ccc(-c2ccnc3[nH]ccc23)cc1. The standard InChI is InChI=1S/C17H15F3N4O/c18-17(19,20)9-14(21)16(25)24-11-3-1-10(2-4-11)12-5-7-22-15-13(12)6-8-23-15/h1-8,14H,9,21H2,(H,22,23)(H,24,25). The van der Waals surface area contributed by atoms with E-state index in [1.54, 1.807) is 36.7 Å². The third kappa shape index (κ3) is 3.97. The summed E-state index contributed by atoms with van der Waals surface area (Å²) in [4.78, 5) is 19.0. The van der Waals surface area contributed by atoms with E-state index in [-0.39, 0.29) is 0 Å². The highest BCUT2D eigenvalue weighted by Gasteiger charge is 2.33. The van der Waals surface area contributed by atoms with Crippen molar-refractivity contribution in [3.63, 3.8) is 0 Å². The molecule has 4 N–H and O–H groups in total. The number of fused-ring (bicyclic) bond motifs is 1. The summed E-state index contributed by atoms with van der Waals surface area (Å²) >= 11 is 0. The van der Waals surface area contributed by atoms with E-state index in [0.29, 0.717) is 5.69 Å². The van der Waals surface area contributed by atoms with Crippen LogP contribution in [0, 0.1) is 0 Å². The number of aromatic nitrogens is 2. The zero-order valence-electron chi connectivity index (χ0n) is 13.0. The number of aromatic amines is 1. The number of nitrogens with two attached hydrogens (primary N) is 1. The lowest BCUT2D eigenvalue weighted by Gasteiger charge is -2.14. The second kappa shape index (κ2) is 6.56. The lowest BCUT2D eigenvalue weighted by molar-refractivity contribution is -0.145. The number of carbonyl (C=O) groups excluding carboxylic acids is 1. The fraction of sp³-hybridized carbons (Fsp3) is 0.176. The molecule has 0 fully saturated rings. The molecule has 1 atom stereocenters. The van der Waals surface area contributed by atoms with E-state index < -0.39 is 24.5 Å². The number of carbonyl (C=O) groups is 1. The van der Waals surface area contributed by atoms with E-state index in [1.807, 2.05) is 12.1 Å². The van der Waals surface area contributed by atoms with Crippen molar-refractivity contribution < 1.29 is 18.0 Å². The molecule has 3 aromatic rings. The third-order valence-electron chi connectivity index (χ3n) is 3.71. The van der Waals surface area contributed by atoms with Crippen molar-refractivity contribution in [3.8, 4) is 11.1 Å². The minimum Gasteiger partial charge on any atom is -0.346 e. The molecule has 8 heteroatoms. The average Bonchev–Trinajstić information content (AvgIpc) is 3.02. The molecule has 0 bridgehead atoms. The number of amides is 1. The van der Waals surface area contributed by atoms with Crippen molar-refractivity contribution in [1.82, 2.24) is 9.97 Å². The molecule has 3 rings (SSSR count). The number of rotatable bonds is 4. The van der Waals surface area contributed by atoms with Gasteiger partial charge < -0.3 is 16.0 Å². The Balaban J connectivity index is 1.75. The summed E-state index contributed by atoms with van der Waals surface area (Å²) in [7, 11) is 0. The molecule has 0 saturated heterocycles. The highest BCUT2D eigenvalue weighted by atomic mass is 19.4. The molecule has 1 unspecified atom stereocenters. The van der Waals surface area contributed by atoms with E-state index in [1.165, 1.54) is 0 Å². The predicted molar refractivity (Wildman–Crippen MR) is 88.8 cm³/mol. The molecular formula is C17H15F3N4O. The van der Waals surface area contributed by atoms with Gasteiger partial charge in [0.15, 0.2) is 0 Å². The minimum absolute atomic E-state index is 0.380. The van der Waals surface area contributed by atoms with Crippen LogP contribution in [0.2, 0.25) is 0 Å².